The molecule has 0 saturated heterocycles. The summed E-state index contributed by atoms with van der Waals surface area (Å²) >= 11 is 0. The lowest BCUT2D eigenvalue weighted by Gasteiger charge is -2.14. The summed E-state index contributed by atoms with van der Waals surface area (Å²) < 4.78 is 1.35. The molecule has 2 rings (SSSR count). The van der Waals surface area contributed by atoms with Crippen LogP contribution in [-0.2, 0) is 11.3 Å². The van der Waals surface area contributed by atoms with Crippen LogP contribution in [0.3, 0.4) is 0 Å². The van der Waals surface area contributed by atoms with Gasteiger partial charge in [-0.2, -0.15) is 0 Å². The summed E-state index contributed by atoms with van der Waals surface area (Å²) in [4.78, 5) is 36.9. The first-order valence-corrected chi connectivity index (χ1v) is 8.88. The van der Waals surface area contributed by atoms with Gasteiger partial charge in [0.1, 0.15) is 12.2 Å². The molecule has 0 bridgehead atoms. The predicted octanol–water partition coefficient (Wildman–Crippen LogP) is 2.88. The van der Waals surface area contributed by atoms with Gasteiger partial charge < -0.3 is 20.5 Å². The number of carbonyl (C=O) groups excluding carboxylic acids is 2. The average Bonchev–Trinajstić information content (AvgIpc) is 2.59. The Bertz CT molecular complexity index is 887. The lowest BCUT2D eigenvalue weighted by molar-refractivity contribution is -0.121. The number of pyridine rings is 1. The topological polar surface area (TPSA) is 92.2 Å². The van der Waals surface area contributed by atoms with Crippen LogP contribution in [0.2, 0.25) is 0 Å². The third kappa shape index (κ3) is 5.99. The van der Waals surface area contributed by atoms with Gasteiger partial charge in [0, 0.05) is 17.9 Å². The van der Waals surface area contributed by atoms with Crippen molar-refractivity contribution in [2.45, 2.75) is 34.2 Å². The van der Waals surface area contributed by atoms with Crippen LogP contribution in [0.1, 0.15) is 25.1 Å². The molecule has 1 aromatic carbocycles. The zero-order valence-electron chi connectivity index (χ0n) is 16.1. The third-order valence-electron chi connectivity index (χ3n) is 3.93. The Morgan fingerprint density at radius 2 is 1.81 bits per heavy atom. The fourth-order valence-electron chi connectivity index (χ4n) is 2.49. The molecule has 27 heavy (non-hydrogen) atoms. The van der Waals surface area contributed by atoms with Crippen LogP contribution >= 0.6 is 0 Å². The molecule has 0 atom stereocenters. The van der Waals surface area contributed by atoms with Crippen LogP contribution in [0.5, 0.6) is 0 Å². The fourth-order valence-corrected chi connectivity index (χ4v) is 2.49. The minimum Gasteiger partial charge on any atom is -0.354 e. The Morgan fingerprint density at radius 3 is 2.48 bits per heavy atom. The van der Waals surface area contributed by atoms with Crippen molar-refractivity contribution >= 4 is 23.3 Å². The standard InChI is InChI=1S/C20H26N4O3/c1-13(2)11-21-18(25)12-24-15(4)8-9-17(19(24)26)23-20(27)22-16-7-5-6-14(3)10-16/h5-10,13H,11-12H2,1-4H3,(H,21,25)(H2,22,23,27). The number of nitrogens with zero attached hydrogens (tertiary/aromatic N) is 1. The van der Waals surface area contributed by atoms with E-state index in [9.17, 15) is 14.4 Å². The van der Waals surface area contributed by atoms with Crippen molar-refractivity contribution < 1.29 is 9.59 Å². The molecule has 0 radical (unpaired) electrons. The van der Waals surface area contributed by atoms with Gasteiger partial charge in [0.15, 0.2) is 0 Å². The van der Waals surface area contributed by atoms with Crippen LogP contribution in [0.15, 0.2) is 41.2 Å². The Balaban J connectivity index is 2.10. The van der Waals surface area contributed by atoms with Gasteiger partial charge in [-0.3, -0.25) is 9.59 Å². The molecule has 0 aliphatic heterocycles. The summed E-state index contributed by atoms with van der Waals surface area (Å²) in [5.74, 6) is 0.0837. The van der Waals surface area contributed by atoms with Gasteiger partial charge in [-0.15, -0.1) is 0 Å². The van der Waals surface area contributed by atoms with E-state index in [1.165, 1.54) is 10.6 Å². The van der Waals surface area contributed by atoms with Crippen molar-refractivity contribution in [2.75, 3.05) is 17.2 Å². The number of hydrogen-bond donors (Lipinski definition) is 3. The molecule has 0 saturated carbocycles. The second-order valence-electron chi connectivity index (χ2n) is 6.93. The molecule has 0 unspecified atom stereocenters. The van der Waals surface area contributed by atoms with Crippen molar-refractivity contribution in [2.24, 2.45) is 5.92 Å². The number of urea groups is 1. The third-order valence-corrected chi connectivity index (χ3v) is 3.93. The molecule has 144 valence electrons. The molecule has 0 aliphatic carbocycles. The molecular formula is C20H26N4O3. The van der Waals surface area contributed by atoms with E-state index in [0.717, 1.165) is 5.56 Å². The van der Waals surface area contributed by atoms with Crippen molar-refractivity contribution in [1.29, 1.82) is 0 Å². The summed E-state index contributed by atoms with van der Waals surface area (Å²) in [6.45, 7) is 8.11. The van der Waals surface area contributed by atoms with Crippen LogP contribution in [0.25, 0.3) is 0 Å². The number of carbonyl (C=O) groups is 2. The number of amides is 3. The number of aromatic nitrogens is 1. The average molecular weight is 370 g/mol. The molecule has 2 aromatic rings. The monoisotopic (exact) mass is 370 g/mol. The van der Waals surface area contributed by atoms with Gasteiger partial charge in [0.05, 0.1) is 0 Å². The van der Waals surface area contributed by atoms with E-state index >= 15 is 0 Å². The van der Waals surface area contributed by atoms with Gasteiger partial charge in [-0.05, 0) is 49.6 Å². The number of rotatable bonds is 6. The van der Waals surface area contributed by atoms with Crippen LogP contribution < -0.4 is 21.5 Å². The second-order valence-corrected chi connectivity index (χ2v) is 6.93. The first kappa shape index (κ1) is 20.2. The number of hydrogen-bond acceptors (Lipinski definition) is 3. The number of nitrogens with one attached hydrogen (secondary N) is 3. The molecule has 0 fully saturated rings. The molecule has 7 heteroatoms. The molecule has 1 heterocycles. The second kappa shape index (κ2) is 9.02. The van der Waals surface area contributed by atoms with Gasteiger partial charge in [0.2, 0.25) is 5.91 Å². The van der Waals surface area contributed by atoms with Crippen molar-refractivity contribution in [3.63, 3.8) is 0 Å². The van der Waals surface area contributed by atoms with E-state index in [0.29, 0.717) is 23.8 Å². The lowest BCUT2D eigenvalue weighted by atomic mass is 10.2. The highest BCUT2D eigenvalue weighted by molar-refractivity contribution is 5.99. The SMILES string of the molecule is Cc1cccc(NC(=O)Nc2ccc(C)n(CC(=O)NCC(C)C)c2=O)c1. The van der Waals surface area contributed by atoms with Crippen LogP contribution in [-0.4, -0.2) is 23.1 Å². The normalized spacial score (nSPS) is 10.6. The molecule has 1 aromatic heterocycles. The van der Waals surface area contributed by atoms with E-state index in [1.807, 2.05) is 39.0 Å². The maximum absolute atomic E-state index is 12.6. The van der Waals surface area contributed by atoms with Gasteiger partial charge in [-0.25, -0.2) is 4.79 Å². The van der Waals surface area contributed by atoms with Gasteiger partial charge in [0.25, 0.3) is 5.56 Å². The van der Waals surface area contributed by atoms with Crippen molar-refractivity contribution in [1.82, 2.24) is 9.88 Å². The maximum atomic E-state index is 12.6. The highest BCUT2D eigenvalue weighted by atomic mass is 16.2. The Kier molecular flexibility index (Phi) is 6.76. The van der Waals surface area contributed by atoms with E-state index in [2.05, 4.69) is 16.0 Å². The highest BCUT2D eigenvalue weighted by Gasteiger charge is 2.12. The van der Waals surface area contributed by atoms with E-state index < -0.39 is 11.6 Å². The summed E-state index contributed by atoms with van der Waals surface area (Å²) in [6, 6.07) is 10.1. The Hall–Kier alpha value is -3.09. The van der Waals surface area contributed by atoms with Gasteiger partial charge in [-0.1, -0.05) is 26.0 Å². The summed E-state index contributed by atoms with van der Waals surface area (Å²) in [7, 11) is 0. The molecule has 0 aliphatic rings. The lowest BCUT2D eigenvalue weighted by Crippen LogP contribution is -2.36. The Morgan fingerprint density at radius 1 is 1.07 bits per heavy atom. The zero-order chi connectivity index (χ0) is 20.0. The van der Waals surface area contributed by atoms with E-state index in [4.69, 9.17) is 0 Å². The first-order valence-electron chi connectivity index (χ1n) is 8.88. The number of anilines is 2. The molecule has 3 amide bonds. The summed E-state index contributed by atoms with van der Waals surface area (Å²) in [5, 5.41) is 8.03. The van der Waals surface area contributed by atoms with Crippen molar-refractivity contribution in [3.8, 4) is 0 Å². The van der Waals surface area contributed by atoms with Gasteiger partial charge >= 0.3 is 6.03 Å². The first-order chi connectivity index (χ1) is 12.8. The smallest absolute Gasteiger partial charge is 0.323 e. The minimum atomic E-state index is -0.516. The summed E-state index contributed by atoms with van der Waals surface area (Å²) in [5.41, 5.74) is 1.98. The molecule has 7 nitrogen and oxygen atoms in total. The number of aryl methyl sites for hydroxylation is 2. The minimum absolute atomic E-state index is 0.0909. The molecular weight excluding hydrogens is 344 g/mol. The zero-order valence-corrected chi connectivity index (χ0v) is 16.1. The largest absolute Gasteiger partial charge is 0.354 e. The number of benzene rings is 1. The highest BCUT2D eigenvalue weighted by Crippen LogP contribution is 2.10. The quantitative estimate of drug-likeness (QED) is 0.730. The van der Waals surface area contributed by atoms with Crippen molar-refractivity contribution in [3.05, 3.63) is 58.0 Å². The summed E-state index contributed by atoms with van der Waals surface area (Å²) in [6.07, 6.45) is 0. The molecule has 3 N–H and O–H groups in total. The van der Waals surface area contributed by atoms with Crippen LogP contribution in [0.4, 0.5) is 16.2 Å². The maximum Gasteiger partial charge on any atom is 0.323 e. The predicted molar refractivity (Wildman–Crippen MR) is 107 cm³/mol. The fraction of sp³-hybridized carbons (Fsp3) is 0.350. The van der Waals surface area contributed by atoms with Crippen LogP contribution in [0, 0.1) is 19.8 Å². The van der Waals surface area contributed by atoms with E-state index in [-0.39, 0.29) is 18.1 Å². The Labute approximate surface area is 158 Å². The molecule has 0 spiro atoms. The van der Waals surface area contributed by atoms with E-state index in [1.54, 1.807) is 19.1 Å².